The monoisotopic (exact) mass is 389 g/mol. The van der Waals surface area contributed by atoms with Crippen molar-refractivity contribution >= 4 is 37.5 Å². The molecule has 2 rings (SSSR count). The molecular formula is C12H6Br2FNO3. The summed E-state index contributed by atoms with van der Waals surface area (Å²) >= 11 is 6.22. The Kier molecular flexibility index (Phi) is 4.16. The van der Waals surface area contributed by atoms with Gasteiger partial charge in [-0.1, -0.05) is 15.9 Å². The Bertz CT molecular complexity index is 649. The molecule has 0 saturated carbocycles. The molecular weight excluding hydrogens is 385 g/mol. The quantitative estimate of drug-likeness (QED) is 0.544. The molecule has 0 amide bonds. The molecule has 0 aliphatic rings. The van der Waals surface area contributed by atoms with Gasteiger partial charge in [-0.25, -0.2) is 4.39 Å². The molecule has 19 heavy (non-hydrogen) atoms. The van der Waals surface area contributed by atoms with Gasteiger partial charge in [-0.3, -0.25) is 10.1 Å². The number of nitro groups is 1. The van der Waals surface area contributed by atoms with Crippen LogP contribution in [0.4, 0.5) is 10.1 Å². The van der Waals surface area contributed by atoms with Gasteiger partial charge in [0.25, 0.3) is 0 Å². The molecule has 0 unspecified atom stereocenters. The Morgan fingerprint density at radius 2 is 1.89 bits per heavy atom. The van der Waals surface area contributed by atoms with E-state index in [9.17, 15) is 14.5 Å². The summed E-state index contributed by atoms with van der Waals surface area (Å²) in [6, 6.07) is 8.43. The van der Waals surface area contributed by atoms with Crippen molar-refractivity contribution in [3.63, 3.8) is 0 Å². The van der Waals surface area contributed by atoms with Crippen molar-refractivity contribution in [3.05, 3.63) is 61.3 Å². The molecule has 98 valence electrons. The first kappa shape index (κ1) is 14.0. The number of ether oxygens (including phenoxy) is 1. The van der Waals surface area contributed by atoms with Crippen LogP contribution in [0.5, 0.6) is 11.5 Å². The maximum atomic E-state index is 13.4. The first-order chi connectivity index (χ1) is 8.97. The Balaban J connectivity index is 2.39. The fourth-order valence-electron chi connectivity index (χ4n) is 1.39. The van der Waals surface area contributed by atoms with Crippen LogP contribution in [0.1, 0.15) is 0 Å². The van der Waals surface area contributed by atoms with Crippen molar-refractivity contribution in [1.82, 2.24) is 0 Å². The lowest BCUT2D eigenvalue weighted by atomic mass is 10.3. The maximum Gasteiger partial charge on any atom is 0.311 e. The first-order valence-electron chi connectivity index (χ1n) is 5.04. The van der Waals surface area contributed by atoms with Crippen LogP contribution in [0.2, 0.25) is 0 Å². The largest absolute Gasteiger partial charge is 0.450 e. The van der Waals surface area contributed by atoms with Crippen molar-refractivity contribution < 1.29 is 14.1 Å². The zero-order valence-electron chi connectivity index (χ0n) is 9.27. The molecule has 0 aliphatic carbocycles. The van der Waals surface area contributed by atoms with Crippen LogP contribution in [-0.4, -0.2) is 4.92 Å². The molecule has 0 radical (unpaired) electrons. The van der Waals surface area contributed by atoms with E-state index in [0.717, 1.165) is 6.07 Å². The second-order valence-corrected chi connectivity index (χ2v) is 5.32. The average molecular weight is 391 g/mol. The minimum Gasteiger partial charge on any atom is -0.450 e. The third-order valence-electron chi connectivity index (χ3n) is 2.24. The summed E-state index contributed by atoms with van der Waals surface area (Å²) in [5.41, 5.74) is -0.188. The highest BCUT2D eigenvalue weighted by atomic mass is 79.9. The zero-order chi connectivity index (χ0) is 14.0. The van der Waals surface area contributed by atoms with Crippen molar-refractivity contribution in [2.24, 2.45) is 0 Å². The number of rotatable bonds is 3. The number of benzene rings is 2. The normalized spacial score (nSPS) is 10.3. The molecule has 4 nitrogen and oxygen atoms in total. The molecule has 0 bridgehead atoms. The fourth-order valence-corrected chi connectivity index (χ4v) is 1.97. The molecule has 2 aromatic rings. The summed E-state index contributed by atoms with van der Waals surface area (Å²) < 4.78 is 19.6. The van der Waals surface area contributed by atoms with Crippen LogP contribution < -0.4 is 4.74 Å². The Morgan fingerprint density at radius 1 is 1.16 bits per heavy atom. The fraction of sp³-hybridized carbons (Fsp3) is 0. The van der Waals surface area contributed by atoms with Gasteiger partial charge < -0.3 is 4.74 Å². The highest BCUT2D eigenvalue weighted by Crippen LogP contribution is 2.34. The van der Waals surface area contributed by atoms with Crippen LogP contribution in [-0.2, 0) is 0 Å². The van der Waals surface area contributed by atoms with Gasteiger partial charge in [-0.15, -0.1) is 0 Å². The predicted molar refractivity (Wildman–Crippen MR) is 75.0 cm³/mol. The lowest BCUT2D eigenvalue weighted by Crippen LogP contribution is -1.93. The van der Waals surface area contributed by atoms with E-state index in [-0.39, 0.29) is 17.2 Å². The van der Waals surface area contributed by atoms with E-state index in [1.54, 1.807) is 0 Å². The molecule has 0 heterocycles. The molecule has 0 atom stereocenters. The minimum atomic E-state index is -0.559. The van der Waals surface area contributed by atoms with Gasteiger partial charge in [0.05, 0.1) is 9.40 Å². The van der Waals surface area contributed by atoms with Gasteiger partial charge in [0.2, 0.25) is 5.75 Å². The summed E-state index contributed by atoms with van der Waals surface area (Å²) in [6.45, 7) is 0. The number of nitrogens with zero attached hydrogens (tertiary/aromatic N) is 1. The van der Waals surface area contributed by atoms with Gasteiger partial charge in [-0.05, 0) is 34.1 Å². The molecule has 0 spiro atoms. The molecule has 0 N–H and O–H groups in total. The Hall–Kier alpha value is -1.47. The summed E-state index contributed by atoms with van der Waals surface area (Å²) in [6.07, 6.45) is 0. The highest BCUT2D eigenvalue weighted by Gasteiger charge is 2.16. The van der Waals surface area contributed by atoms with E-state index in [2.05, 4.69) is 31.9 Å². The second-order valence-electron chi connectivity index (χ2n) is 3.55. The molecule has 7 heteroatoms. The van der Waals surface area contributed by atoms with Crippen molar-refractivity contribution in [2.75, 3.05) is 0 Å². The van der Waals surface area contributed by atoms with Crippen molar-refractivity contribution in [1.29, 1.82) is 0 Å². The third kappa shape index (κ3) is 3.30. The van der Waals surface area contributed by atoms with Crippen LogP contribution in [0.3, 0.4) is 0 Å². The summed E-state index contributed by atoms with van der Waals surface area (Å²) in [7, 11) is 0. The van der Waals surface area contributed by atoms with E-state index in [0.29, 0.717) is 8.95 Å². The molecule has 0 saturated heterocycles. The van der Waals surface area contributed by atoms with Crippen LogP contribution in [0, 0.1) is 15.9 Å². The zero-order valence-corrected chi connectivity index (χ0v) is 12.4. The topological polar surface area (TPSA) is 52.4 Å². The van der Waals surface area contributed by atoms with Gasteiger partial charge in [0, 0.05) is 22.7 Å². The standard InChI is InChI=1S/C12H6Br2FNO3/c13-7-1-4-11(16(17)18)12(5-7)19-8-2-3-9(14)10(15)6-8/h1-6H. The second kappa shape index (κ2) is 5.66. The predicted octanol–water partition coefficient (Wildman–Crippen LogP) is 5.05. The first-order valence-corrected chi connectivity index (χ1v) is 6.63. The third-order valence-corrected chi connectivity index (χ3v) is 3.37. The Morgan fingerprint density at radius 3 is 2.53 bits per heavy atom. The van der Waals surface area contributed by atoms with Gasteiger partial charge in [0.15, 0.2) is 0 Å². The molecule has 0 fully saturated rings. The van der Waals surface area contributed by atoms with Gasteiger partial charge in [-0.2, -0.15) is 0 Å². The van der Waals surface area contributed by atoms with E-state index >= 15 is 0 Å². The smallest absolute Gasteiger partial charge is 0.311 e. The summed E-state index contributed by atoms with van der Waals surface area (Å²) in [4.78, 5) is 10.3. The van der Waals surface area contributed by atoms with Gasteiger partial charge in [0.1, 0.15) is 11.6 Å². The minimum absolute atomic E-state index is 0.0427. The summed E-state index contributed by atoms with van der Waals surface area (Å²) in [5.74, 6) is -0.279. The number of hydrogen-bond donors (Lipinski definition) is 0. The van der Waals surface area contributed by atoms with Gasteiger partial charge >= 0.3 is 5.69 Å². The SMILES string of the molecule is O=[N+]([O-])c1ccc(Br)cc1Oc1ccc(Br)c(F)c1. The lowest BCUT2D eigenvalue weighted by Gasteiger charge is -2.07. The van der Waals surface area contributed by atoms with E-state index in [4.69, 9.17) is 4.74 Å². The van der Waals surface area contributed by atoms with E-state index in [1.807, 2.05) is 0 Å². The lowest BCUT2D eigenvalue weighted by molar-refractivity contribution is -0.385. The van der Waals surface area contributed by atoms with Crippen LogP contribution in [0.25, 0.3) is 0 Å². The summed E-state index contributed by atoms with van der Waals surface area (Å²) in [5, 5.41) is 10.9. The number of hydrogen-bond acceptors (Lipinski definition) is 3. The molecule has 0 aliphatic heterocycles. The van der Waals surface area contributed by atoms with Crippen molar-refractivity contribution in [3.8, 4) is 11.5 Å². The Labute approximate surface area is 124 Å². The highest BCUT2D eigenvalue weighted by molar-refractivity contribution is 9.10. The van der Waals surface area contributed by atoms with Crippen molar-refractivity contribution in [2.45, 2.75) is 0 Å². The molecule has 2 aromatic carbocycles. The maximum absolute atomic E-state index is 13.4. The van der Waals surface area contributed by atoms with E-state index < -0.39 is 10.7 Å². The number of halogens is 3. The molecule has 0 aromatic heterocycles. The van der Waals surface area contributed by atoms with Crippen LogP contribution >= 0.6 is 31.9 Å². The number of nitro benzene ring substituents is 1. The van der Waals surface area contributed by atoms with Crippen LogP contribution in [0.15, 0.2) is 45.3 Å². The van der Waals surface area contributed by atoms with E-state index in [1.165, 1.54) is 30.3 Å². The average Bonchev–Trinajstić information content (AvgIpc) is 2.33.